The number of nitrogens with zero attached hydrogens (tertiary/aromatic N) is 4. The Hall–Kier alpha value is -3.78. The number of rotatable bonds is 6. The van der Waals surface area contributed by atoms with Gasteiger partial charge in [0, 0.05) is 22.3 Å². The number of benzene rings is 2. The van der Waals surface area contributed by atoms with Crippen LogP contribution in [0.4, 0.5) is 5.69 Å². The molecule has 0 fully saturated rings. The van der Waals surface area contributed by atoms with Crippen LogP contribution >= 0.6 is 11.6 Å². The molecule has 0 unspecified atom stereocenters. The van der Waals surface area contributed by atoms with E-state index in [1.807, 2.05) is 31.2 Å². The molecule has 31 heavy (non-hydrogen) atoms. The third-order valence-corrected chi connectivity index (χ3v) is 4.83. The summed E-state index contributed by atoms with van der Waals surface area (Å²) in [4.78, 5) is 29.0. The number of para-hydroxylation sites is 1. The standard InChI is InChI=1S/C22H18ClN5O3/c1-2-14-5-3-4-6-17(14)24-19(29)13-28-20(30)12-11-18(26-28)22-25-21(27-31-22)15-7-9-16(23)10-8-15/h3-12H,2,13H2,1H3,(H,24,29). The van der Waals surface area contributed by atoms with Crippen LogP contribution in [0.25, 0.3) is 23.0 Å². The predicted molar refractivity (Wildman–Crippen MR) is 117 cm³/mol. The number of halogens is 1. The quantitative estimate of drug-likeness (QED) is 0.494. The molecule has 0 aliphatic carbocycles. The first-order valence-electron chi connectivity index (χ1n) is 9.59. The van der Waals surface area contributed by atoms with Crippen LogP contribution in [0.3, 0.4) is 0 Å². The molecule has 0 aliphatic rings. The summed E-state index contributed by atoms with van der Waals surface area (Å²) in [6.07, 6.45) is 0.775. The Bertz CT molecular complexity index is 1280. The number of hydrogen-bond donors (Lipinski definition) is 1. The summed E-state index contributed by atoms with van der Waals surface area (Å²) in [5, 5.41) is 11.6. The van der Waals surface area contributed by atoms with E-state index in [1.165, 1.54) is 12.1 Å². The molecule has 0 aliphatic heterocycles. The number of carbonyl (C=O) groups is 1. The molecule has 1 amide bonds. The third kappa shape index (κ3) is 4.70. The zero-order chi connectivity index (χ0) is 21.8. The first-order chi connectivity index (χ1) is 15.0. The van der Waals surface area contributed by atoms with Crippen molar-refractivity contribution in [3.63, 3.8) is 0 Å². The van der Waals surface area contributed by atoms with Crippen LogP contribution in [0.15, 0.2) is 70.0 Å². The van der Waals surface area contributed by atoms with Gasteiger partial charge in [0.15, 0.2) is 0 Å². The highest BCUT2D eigenvalue weighted by Crippen LogP contribution is 2.22. The van der Waals surface area contributed by atoms with Crippen molar-refractivity contribution in [3.05, 3.63) is 81.6 Å². The van der Waals surface area contributed by atoms with E-state index < -0.39 is 5.56 Å². The van der Waals surface area contributed by atoms with E-state index in [9.17, 15) is 9.59 Å². The van der Waals surface area contributed by atoms with Crippen molar-refractivity contribution in [1.82, 2.24) is 19.9 Å². The molecule has 4 rings (SSSR count). The molecule has 0 bridgehead atoms. The molecular formula is C22H18ClN5O3. The molecular weight excluding hydrogens is 418 g/mol. The number of carbonyl (C=O) groups excluding carboxylic acids is 1. The summed E-state index contributed by atoms with van der Waals surface area (Å²) in [7, 11) is 0. The van der Waals surface area contributed by atoms with E-state index >= 15 is 0 Å². The number of nitrogens with one attached hydrogen (secondary N) is 1. The van der Waals surface area contributed by atoms with Gasteiger partial charge in [-0.25, -0.2) is 4.68 Å². The number of hydrogen-bond acceptors (Lipinski definition) is 6. The van der Waals surface area contributed by atoms with Crippen molar-refractivity contribution in [2.75, 3.05) is 5.32 Å². The van der Waals surface area contributed by atoms with Crippen LogP contribution in [0.5, 0.6) is 0 Å². The van der Waals surface area contributed by atoms with Gasteiger partial charge in [-0.2, -0.15) is 10.1 Å². The minimum absolute atomic E-state index is 0.135. The number of anilines is 1. The maximum atomic E-state index is 12.5. The van der Waals surface area contributed by atoms with Gasteiger partial charge in [-0.1, -0.05) is 41.9 Å². The molecule has 156 valence electrons. The predicted octanol–water partition coefficient (Wildman–Crippen LogP) is 3.81. The third-order valence-electron chi connectivity index (χ3n) is 4.58. The SMILES string of the molecule is CCc1ccccc1NC(=O)Cn1nc(-c2nc(-c3ccc(Cl)cc3)no2)ccc1=O. The van der Waals surface area contributed by atoms with Gasteiger partial charge in [0.25, 0.3) is 11.4 Å². The van der Waals surface area contributed by atoms with Gasteiger partial charge in [0.2, 0.25) is 11.7 Å². The maximum Gasteiger partial charge on any atom is 0.278 e. The van der Waals surface area contributed by atoms with Crippen molar-refractivity contribution in [2.45, 2.75) is 19.9 Å². The molecule has 0 radical (unpaired) electrons. The van der Waals surface area contributed by atoms with Gasteiger partial charge < -0.3 is 9.84 Å². The van der Waals surface area contributed by atoms with Gasteiger partial charge >= 0.3 is 0 Å². The smallest absolute Gasteiger partial charge is 0.278 e. The fourth-order valence-corrected chi connectivity index (χ4v) is 3.12. The van der Waals surface area contributed by atoms with Crippen LogP contribution < -0.4 is 10.9 Å². The lowest BCUT2D eigenvalue weighted by Crippen LogP contribution is -2.29. The van der Waals surface area contributed by atoms with Crippen molar-refractivity contribution in [2.24, 2.45) is 0 Å². The second kappa shape index (κ2) is 8.93. The first-order valence-corrected chi connectivity index (χ1v) is 9.97. The second-order valence-corrected chi connectivity index (χ2v) is 7.14. The summed E-state index contributed by atoms with van der Waals surface area (Å²) in [5.41, 5.74) is 2.31. The van der Waals surface area contributed by atoms with Crippen LogP contribution in [0.2, 0.25) is 5.02 Å². The summed E-state index contributed by atoms with van der Waals surface area (Å²) < 4.78 is 6.35. The molecule has 2 aromatic carbocycles. The maximum absolute atomic E-state index is 12.5. The Morgan fingerprint density at radius 3 is 2.65 bits per heavy atom. The van der Waals surface area contributed by atoms with E-state index in [4.69, 9.17) is 16.1 Å². The van der Waals surface area contributed by atoms with Crippen LogP contribution in [0.1, 0.15) is 12.5 Å². The van der Waals surface area contributed by atoms with Gasteiger partial charge in [0.1, 0.15) is 12.2 Å². The lowest BCUT2D eigenvalue weighted by Gasteiger charge is -2.10. The molecule has 0 saturated heterocycles. The Morgan fingerprint density at radius 1 is 1.10 bits per heavy atom. The monoisotopic (exact) mass is 435 g/mol. The molecule has 2 heterocycles. The van der Waals surface area contributed by atoms with Crippen LogP contribution in [-0.2, 0) is 17.8 Å². The second-order valence-electron chi connectivity index (χ2n) is 6.70. The topological polar surface area (TPSA) is 103 Å². The molecule has 4 aromatic rings. The minimum Gasteiger partial charge on any atom is -0.332 e. The molecule has 1 N–H and O–H groups in total. The van der Waals surface area contributed by atoms with E-state index in [-0.39, 0.29) is 24.0 Å². The Balaban J connectivity index is 1.54. The molecule has 0 atom stereocenters. The lowest BCUT2D eigenvalue weighted by atomic mass is 10.1. The lowest BCUT2D eigenvalue weighted by molar-refractivity contribution is -0.117. The highest BCUT2D eigenvalue weighted by molar-refractivity contribution is 6.30. The average molecular weight is 436 g/mol. The highest BCUT2D eigenvalue weighted by Gasteiger charge is 2.15. The fraction of sp³-hybridized carbons (Fsp3) is 0.136. The number of amides is 1. The Morgan fingerprint density at radius 2 is 1.87 bits per heavy atom. The normalized spacial score (nSPS) is 10.8. The van der Waals surface area contributed by atoms with Gasteiger partial charge in [-0.05, 0) is 48.4 Å². The van der Waals surface area contributed by atoms with E-state index in [0.717, 1.165) is 22.2 Å². The summed E-state index contributed by atoms with van der Waals surface area (Å²) in [6, 6.07) is 17.3. The average Bonchev–Trinajstić information content (AvgIpc) is 3.26. The van der Waals surface area contributed by atoms with Crippen LogP contribution in [-0.4, -0.2) is 25.8 Å². The molecule has 9 heteroatoms. The summed E-state index contributed by atoms with van der Waals surface area (Å²) >= 11 is 5.90. The minimum atomic E-state index is -0.417. The number of aromatic nitrogens is 4. The van der Waals surface area contributed by atoms with Crippen molar-refractivity contribution in [1.29, 1.82) is 0 Å². The van der Waals surface area contributed by atoms with Crippen molar-refractivity contribution < 1.29 is 9.32 Å². The largest absolute Gasteiger partial charge is 0.332 e. The van der Waals surface area contributed by atoms with Gasteiger partial charge in [-0.15, -0.1) is 0 Å². The van der Waals surface area contributed by atoms with Gasteiger partial charge in [0.05, 0.1) is 0 Å². The zero-order valence-electron chi connectivity index (χ0n) is 16.6. The molecule has 8 nitrogen and oxygen atoms in total. The van der Waals surface area contributed by atoms with Crippen molar-refractivity contribution in [3.8, 4) is 23.0 Å². The van der Waals surface area contributed by atoms with E-state index in [0.29, 0.717) is 16.5 Å². The summed E-state index contributed by atoms with van der Waals surface area (Å²) in [6.45, 7) is 1.76. The first kappa shape index (κ1) is 20.5. The van der Waals surface area contributed by atoms with E-state index in [2.05, 4.69) is 20.6 Å². The molecule has 2 aromatic heterocycles. The zero-order valence-corrected chi connectivity index (χ0v) is 17.3. The molecule has 0 saturated carbocycles. The fourth-order valence-electron chi connectivity index (χ4n) is 3.00. The van der Waals surface area contributed by atoms with Gasteiger partial charge in [-0.3, -0.25) is 9.59 Å². The van der Waals surface area contributed by atoms with E-state index in [1.54, 1.807) is 24.3 Å². The Kier molecular flexibility index (Phi) is 5.90. The number of aryl methyl sites for hydroxylation is 1. The summed E-state index contributed by atoms with van der Waals surface area (Å²) in [5.74, 6) is 0.135. The highest BCUT2D eigenvalue weighted by atomic mass is 35.5. The van der Waals surface area contributed by atoms with Crippen LogP contribution in [0, 0.1) is 0 Å². The Labute approximate surface area is 182 Å². The van der Waals surface area contributed by atoms with Crippen molar-refractivity contribution >= 4 is 23.2 Å². The molecule has 0 spiro atoms.